The topological polar surface area (TPSA) is 35.5 Å². The third-order valence-corrected chi connectivity index (χ3v) is 8.03. The molecule has 2 rings (SSSR count). The number of aryl methyl sites for hydroxylation is 1. The minimum Gasteiger partial charge on any atom is -0.467 e. The molecule has 2 aromatic carbocycles. The molecule has 32 heavy (non-hydrogen) atoms. The van der Waals surface area contributed by atoms with Gasteiger partial charge in [-0.15, -0.1) is 0 Å². The Morgan fingerprint density at radius 1 is 0.938 bits per heavy atom. The van der Waals surface area contributed by atoms with Crippen molar-refractivity contribution in [3.05, 3.63) is 58.1 Å². The van der Waals surface area contributed by atoms with Crippen molar-refractivity contribution in [3.63, 3.8) is 0 Å². The number of aldehydes is 1. The van der Waals surface area contributed by atoms with E-state index < -0.39 is 0 Å². The summed E-state index contributed by atoms with van der Waals surface area (Å²) in [6.45, 7) is 20.2. The molecule has 0 amide bonds. The van der Waals surface area contributed by atoms with Crippen LogP contribution in [0.3, 0.4) is 0 Å². The molecule has 176 valence electrons. The monoisotopic (exact) mass is 456 g/mol. The lowest BCUT2D eigenvalue weighted by molar-refractivity contribution is 0.0486. The Balaban J connectivity index is 2.81. The Bertz CT molecular complexity index is 950. The van der Waals surface area contributed by atoms with Crippen LogP contribution in [0.25, 0.3) is 0 Å². The molecule has 0 saturated heterocycles. The van der Waals surface area contributed by atoms with Crippen molar-refractivity contribution in [3.8, 4) is 5.75 Å². The summed E-state index contributed by atoms with van der Waals surface area (Å²) in [7, 11) is 2.09. The zero-order valence-electron chi connectivity index (χ0n) is 21.6. The Morgan fingerprint density at radius 2 is 1.56 bits per heavy atom. The van der Waals surface area contributed by atoms with Gasteiger partial charge in [0.2, 0.25) is 0 Å². The highest BCUT2D eigenvalue weighted by atomic mass is 31.1. The number of carbonyl (C=O) groups is 1. The fourth-order valence-electron chi connectivity index (χ4n) is 3.84. The average molecular weight is 457 g/mol. The number of carbonyl (C=O) groups excluding carboxylic acids is 1. The Hall–Kier alpha value is -1.70. The number of hydrogen-bond donors (Lipinski definition) is 0. The number of methoxy groups -OCH3 is 1. The fraction of sp³-hybridized carbons (Fsp3) is 0.536. The van der Waals surface area contributed by atoms with E-state index in [1.165, 1.54) is 16.7 Å². The first kappa shape index (κ1) is 26.6. The third-order valence-electron chi connectivity index (χ3n) is 6.13. The largest absolute Gasteiger partial charge is 0.467 e. The molecule has 3 nitrogen and oxygen atoms in total. The molecular weight excluding hydrogens is 415 g/mol. The second kappa shape index (κ2) is 10.1. The highest BCUT2D eigenvalue weighted by molar-refractivity contribution is 7.48. The lowest BCUT2D eigenvalue weighted by Gasteiger charge is -2.36. The smallest absolute Gasteiger partial charge is 0.188 e. The predicted octanol–water partition coefficient (Wildman–Crippen LogP) is 7.01. The maximum Gasteiger partial charge on any atom is 0.188 e. The first-order chi connectivity index (χ1) is 14.8. The molecule has 0 aliphatic heterocycles. The SMILES string of the molecule is CCC(C)(Pc1ccc(C)cc1C=O)c1cc(C(C)(C)C)cc(C(C)(C)C)c1OCOC. The van der Waals surface area contributed by atoms with Gasteiger partial charge in [0.1, 0.15) is 5.75 Å². The average Bonchev–Trinajstić information content (AvgIpc) is 2.71. The van der Waals surface area contributed by atoms with Crippen LogP contribution in [0.2, 0.25) is 0 Å². The summed E-state index contributed by atoms with van der Waals surface area (Å²) in [5.41, 5.74) is 5.49. The van der Waals surface area contributed by atoms with Crippen molar-refractivity contribution < 1.29 is 14.3 Å². The van der Waals surface area contributed by atoms with Crippen LogP contribution in [-0.4, -0.2) is 20.2 Å². The van der Waals surface area contributed by atoms with E-state index in [4.69, 9.17) is 9.47 Å². The van der Waals surface area contributed by atoms with E-state index in [1.807, 2.05) is 13.0 Å². The normalized spacial score (nSPS) is 14.6. The van der Waals surface area contributed by atoms with E-state index >= 15 is 0 Å². The number of benzene rings is 2. The molecular formula is C28H41O3P. The highest BCUT2D eigenvalue weighted by Crippen LogP contribution is 2.51. The lowest BCUT2D eigenvalue weighted by atomic mass is 9.77. The van der Waals surface area contributed by atoms with Gasteiger partial charge in [-0.2, -0.15) is 0 Å². The van der Waals surface area contributed by atoms with Gasteiger partial charge < -0.3 is 9.47 Å². The number of rotatable bonds is 8. The van der Waals surface area contributed by atoms with Crippen LogP contribution in [0, 0.1) is 6.92 Å². The first-order valence-electron chi connectivity index (χ1n) is 11.4. The van der Waals surface area contributed by atoms with Gasteiger partial charge in [-0.3, -0.25) is 4.79 Å². The van der Waals surface area contributed by atoms with Gasteiger partial charge in [0.05, 0.1) is 0 Å². The van der Waals surface area contributed by atoms with E-state index in [9.17, 15) is 4.79 Å². The molecule has 0 radical (unpaired) electrons. The van der Waals surface area contributed by atoms with Gasteiger partial charge in [0.25, 0.3) is 0 Å². The van der Waals surface area contributed by atoms with Gasteiger partial charge in [-0.05, 0) is 41.1 Å². The zero-order chi connectivity index (χ0) is 24.3. The van der Waals surface area contributed by atoms with Crippen LogP contribution in [0.15, 0.2) is 30.3 Å². The second-order valence-electron chi connectivity index (χ2n) is 11.0. The quantitative estimate of drug-likeness (QED) is 0.243. The Morgan fingerprint density at radius 3 is 2.06 bits per heavy atom. The van der Waals surface area contributed by atoms with E-state index in [0.717, 1.165) is 34.9 Å². The molecule has 0 N–H and O–H groups in total. The first-order valence-corrected chi connectivity index (χ1v) is 12.4. The van der Waals surface area contributed by atoms with Crippen LogP contribution in [0.4, 0.5) is 0 Å². The molecule has 4 heteroatoms. The summed E-state index contributed by atoms with van der Waals surface area (Å²) in [6.07, 6.45) is 1.91. The van der Waals surface area contributed by atoms with E-state index in [1.54, 1.807) is 7.11 Å². The molecule has 0 heterocycles. The van der Waals surface area contributed by atoms with Crippen molar-refractivity contribution in [1.29, 1.82) is 0 Å². The molecule has 0 fully saturated rings. The molecule has 2 unspecified atom stereocenters. The van der Waals surface area contributed by atoms with Gasteiger partial charge in [-0.25, -0.2) is 0 Å². The van der Waals surface area contributed by atoms with E-state index in [-0.39, 0.29) is 22.8 Å². The van der Waals surface area contributed by atoms with Crippen molar-refractivity contribution in [2.75, 3.05) is 13.9 Å². The van der Waals surface area contributed by atoms with Gasteiger partial charge >= 0.3 is 0 Å². The lowest BCUT2D eigenvalue weighted by Crippen LogP contribution is -2.26. The molecule has 0 bridgehead atoms. The molecule has 0 aliphatic carbocycles. The molecule has 2 aromatic rings. The predicted molar refractivity (Wildman–Crippen MR) is 139 cm³/mol. The van der Waals surface area contributed by atoms with Crippen LogP contribution in [0.5, 0.6) is 5.75 Å². The third kappa shape index (κ3) is 6.00. The second-order valence-corrected chi connectivity index (χ2v) is 12.9. The summed E-state index contributed by atoms with van der Waals surface area (Å²) in [5.74, 6) is 0.920. The van der Waals surface area contributed by atoms with Crippen LogP contribution < -0.4 is 10.0 Å². The number of hydrogen-bond acceptors (Lipinski definition) is 3. The van der Waals surface area contributed by atoms with E-state index in [2.05, 4.69) is 79.7 Å². The fourth-order valence-corrected chi connectivity index (χ4v) is 5.37. The van der Waals surface area contributed by atoms with Gasteiger partial charge in [-0.1, -0.05) is 93.8 Å². The van der Waals surface area contributed by atoms with Gasteiger partial charge in [0, 0.05) is 29.0 Å². The summed E-state index contributed by atoms with van der Waals surface area (Å²) < 4.78 is 11.6. The Labute approximate surface area is 197 Å². The standard InChI is InChI=1S/C28H41O3P/c1-11-28(9,32-24-13-12-19(2)14-20(24)17-29)23-16-21(26(3,4)5)15-22(27(6,7)8)25(23)31-18-30-10/h12-17,32H,11,18H2,1-10H3. The van der Waals surface area contributed by atoms with Gasteiger partial charge in [0.15, 0.2) is 13.1 Å². The van der Waals surface area contributed by atoms with Crippen LogP contribution in [0.1, 0.15) is 94.4 Å². The summed E-state index contributed by atoms with van der Waals surface area (Å²) in [4.78, 5) is 11.8. The maximum absolute atomic E-state index is 11.8. The summed E-state index contributed by atoms with van der Waals surface area (Å²) in [6, 6.07) is 10.8. The van der Waals surface area contributed by atoms with Crippen LogP contribution >= 0.6 is 8.58 Å². The molecule has 0 spiro atoms. The van der Waals surface area contributed by atoms with Crippen molar-refractivity contribution >= 4 is 20.2 Å². The minimum absolute atomic E-state index is 0.00408. The summed E-state index contributed by atoms with van der Waals surface area (Å²) >= 11 is 0. The molecule has 0 saturated carbocycles. The minimum atomic E-state index is -0.183. The summed E-state index contributed by atoms with van der Waals surface area (Å²) in [5, 5.41) is 0.920. The maximum atomic E-state index is 11.8. The number of ether oxygens (including phenoxy) is 2. The van der Waals surface area contributed by atoms with Crippen molar-refractivity contribution in [2.24, 2.45) is 0 Å². The highest BCUT2D eigenvalue weighted by Gasteiger charge is 2.35. The molecule has 2 atom stereocenters. The molecule has 0 aromatic heterocycles. The Kier molecular flexibility index (Phi) is 8.35. The van der Waals surface area contributed by atoms with Crippen molar-refractivity contribution in [1.82, 2.24) is 0 Å². The molecule has 0 aliphatic rings. The van der Waals surface area contributed by atoms with Crippen LogP contribution in [-0.2, 0) is 20.7 Å². The van der Waals surface area contributed by atoms with Crippen molar-refractivity contribution in [2.45, 2.75) is 84.7 Å². The van der Waals surface area contributed by atoms with E-state index in [0.29, 0.717) is 8.58 Å². The zero-order valence-corrected chi connectivity index (χ0v) is 22.6.